The molecule has 0 bridgehead atoms. The fourth-order valence-corrected chi connectivity index (χ4v) is 6.67. The summed E-state index contributed by atoms with van der Waals surface area (Å²) in [6, 6.07) is 8.17. The summed E-state index contributed by atoms with van der Waals surface area (Å²) in [5.41, 5.74) is 2.05. The van der Waals surface area contributed by atoms with Crippen LogP contribution in [0.5, 0.6) is 0 Å². The Balaban J connectivity index is 1.21. The molecule has 14 heteroatoms. The number of benzene rings is 1. The van der Waals surface area contributed by atoms with E-state index in [-0.39, 0.29) is 24.4 Å². The van der Waals surface area contributed by atoms with Crippen molar-refractivity contribution < 1.29 is 19.0 Å². The molecule has 1 amide bonds. The normalized spacial score (nSPS) is 17.4. The van der Waals surface area contributed by atoms with Crippen molar-refractivity contribution in [3.63, 3.8) is 0 Å². The number of imidazole rings is 1. The number of carbonyl (C=O) groups is 1. The number of fused-ring (bicyclic) bond motifs is 1. The largest absolute Gasteiger partial charge is 0.389 e. The number of aromatic nitrogens is 4. The van der Waals surface area contributed by atoms with Gasteiger partial charge in [-0.05, 0) is 37.1 Å². The third kappa shape index (κ3) is 4.90. The monoisotopic (exact) mass is 582 g/mol. The minimum atomic E-state index is -0.423. The van der Waals surface area contributed by atoms with E-state index in [0.29, 0.717) is 47.3 Å². The molecular formula is C26H27FN8O3S2. The minimum absolute atomic E-state index is 0.0135. The Morgan fingerprint density at radius 3 is 2.73 bits per heavy atom. The molecule has 1 atom stereocenters. The lowest BCUT2D eigenvalue weighted by atomic mass is 10.1. The summed E-state index contributed by atoms with van der Waals surface area (Å²) >= 11 is 2.75. The van der Waals surface area contributed by atoms with E-state index in [1.807, 2.05) is 23.4 Å². The number of rotatable bonds is 8. The molecule has 2 saturated heterocycles. The maximum Gasteiger partial charge on any atom is 0.248 e. The highest BCUT2D eigenvalue weighted by Crippen LogP contribution is 2.38. The van der Waals surface area contributed by atoms with Gasteiger partial charge in [0.2, 0.25) is 16.0 Å². The molecule has 3 aromatic heterocycles. The quantitative estimate of drug-likeness (QED) is 0.334. The van der Waals surface area contributed by atoms with Gasteiger partial charge < -0.3 is 24.5 Å². The number of β-amino-alcohol motifs (C(OH)–C–C–N with tert-alkyl or cyclic N) is 1. The van der Waals surface area contributed by atoms with Gasteiger partial charge in [0.25, 0.3) is 0 Å². The van der Waals surface area contributed by atoms with Crippen LogP contribution < -0.4 is 9.80 Å². The molecule has 2 fully saturated rings. The zero-order valence-corrected chi connectivity index (χ0v) is 23.6. The number of hydrogen-bond donors (Lipinski definition) is 1. The molecule has 4 aromatic rings. The van der Waals surface area contributed by atoms with Gasteiger partial charge in [-0.1, -0.05) is 29.6 Å². The smallest absolute Gasteiger partial charge is 0.248 e. The molecule has 1 aromatic carbocycles. The summed E-state index contributed by atoms with van der Waals surface area (Å²) in [5, 5.41) is 25.5. The average molecular weight is 583 g/mol. The Bertz CT molecular complexity index is 1590. The van der Waals surface area contributed by atoms with E-state index in [1.54, 1.807) is 17.0 Å². The first-order chi connectivity index (χ1) is 19.3. The highest BCUT2D eigenvalue weighted by Gasteiger charge is 2.32. The second-order valence-electron chi connectivity index (χ2n) is 9.79. The van der Waals surface area contributed by atoms with Gasteiger partial charge in [-0.25, -0.2) is 14.4 Å². The van der Waals surface area contributed by atoms with Gasteiger partial charge in [-0.2, -0.15) is 9.78 Å². The first-order valence-corrected chi connectivity index (χ1v) is 14.6. The van der Waals surface area contributed by atoms with Crippen LogP contribution in [0.2, 0.25) is 0 Å². The fraction of sp³-hybridized carbons (Fsp3) is 0.423. The van der Waals surface area contributed by atoms with Crippen LogP contribution in [-0.4, -0.2) is 87.5 Å². The number of halogens is 1. The molecule has 6 rings (SSSR count). The van der Waals surface area contributed by atoms with E-state index < -0.39 is 6.10 Å². The van der Waals surface area contributed by atoms with Gasteiger partial charge in [0, 0.05) is 38.8 Å². The van der Waals surface area contributed by atoms with Crippen molar-refractivity contribution in [2.45, 2.75) is 32.0 Å². The molecule has 0 spiro atoms. The first kappa shape index (κ1) is 26.6. The van der Waals surface area contributed by atoms with Gasteiger partial charge in [0.1, 0.15) is 29.1 Å². The third-order valence-corrected chi connectivity index (χ3v) is 9.09. The Labute approximate surface area is 237 Å². The number of hydrogen-bond acceptors (Lipinski definition) is 11. The van der Waals surface area contributed by atoms with Gasteiger partial charge in [0.15, 0.2) is 10.9 Å². The molecule has 5 heterocycles. The molecule has 1 N–H and O–H groups in total. The highest BCUT2D eigenvalue weighted by molar-refractivity contribution is 7.20. The van der Waals surface area contributed by atoms with Crippen molar-refractivity contribution in [1.82, 2.24) is 24.5 Å². The molecule has 0 radical (unpaired) electrons. The zero-order chi connectivity index (χ0) is 28.0. The number of amides is 1. The SMILES string of the molecule is CCc1nc2sc(N3CC[C@H](OCC(=O)N4CC(O)C4)C3)nn2c1N(C)c1nc(-c2ccc(F)cc2)c(C#N)s1. The Kier molecular flexibility index (Phi) is 7.13. The molecule has 11 nitrogen and oxygen atoms in total. The number of likely N-dealkylation sites (tertiary alicyclic amines) is 1. The van der Waals surface area contributed by atoms with Crippen molar-refractivity contribution in [3.8, 4) is 17.3 Å². The number of nitriles is 1. The van der Waals surface area contributed by atoms with E-state index in [2.05, 4.69) is 11.0 Å². The molecule has 0 saturated carbocycles. The van der Waals surface area contributed by atoms with Crippen LogP contribution >= 0.6 is 22.7 Å². The first-order valence-electron chi connectivity index (χ1n) is 13.0. The molecular weight excluding hydrogens is 555 g/mol. The Morgan fingerprint density at radius 2 is 2.02 bits per heavy atom. The summed E-state index contributed by atoms with van der Waals surface area (Å²) in [5.74, 6) is 0.332. The number of aliphatic hydroxyl groups is 1. The lowest BCUT2D eigenvalue weighted by Gasteiger charge is -2.35. The van der Waals surface area contributed by atoms with Gasteiger partial charge in [-0.3, -0.25) is 4.79 Å². The van der Waals surface area contributed by atoms with Crippen LogP contribution in [0.25, 0.3) is 16.2 Å². The standard InChI is InChI=1S/C26H27FN8O3S2/c1-3-19-23(32(2)24-30-22(20(10-28)39-24)15-4-6-16(27)7-5-15)35-25(29-19)40-26(31-35)33-9-8-18(13-33)38-14-21(37)34-11-17(36)12-34/h4-7,17-18,36H,3,8-9,11-14H2,1-2H3/t18-/m0/s1. The maximum absolute atomic E-state index is 13.5. The number of anilines is 3. The third-order valence-electron chi connectivity index (χ3n) is 7.09. The topological polar surface area (TPSA) is 123 Å². The van der Waals surface area contributed by atoms with Crippen LogP contribution in [0.15, 0.2) is 24.3 Å². The zero-order valence-electron chi connectivity index (χ0n) is 21.9. The molecule has 208 valence electrons. The average Bonchev–Trinajstić information content (AvgIpc) is 3.72. The number of thiazole rings is 1. The molecule has 2 aliphatic rings. The highest BCUT2D eigenvalue weighted by atomic mass is 32.1. The van der Waals surface area contributed by atoms with Crippen LogP contribution in [0.1, 0.15) is 23.9 Å². The van der Waals surface area contributed by atoms with E-state index in [4.69, 9.17) is 19.8 Å². The summed E-state index contributed by atoms with van der Waals surface area (Å²) in [7, 11) is 1.88. The lowest BCUT2D eigenvalue weighted by Crippen LogP contribution is -2.54. The predicted octanol–water partition coefficient (Wildman–Crippen LogP) is 3.05. The minimum Gasteiger partial charge on any atom is -0.389 e. The fourth-order valence-electron chi connectivity index (χ4n) is 4.87. The number of nitrogens with zero attached hydrogens (tertiary/aromatic N) is 8. The Morgan fingerprint density at radius 1 is 1.25 bits per heavy atom. The van der Waals surface area contributed by atoms with Gasteiger partial charge >= 0.3 is 0 Å². The number of ether oxygens (including phenoxy) is 1. The molecule has 2 aliphatic heterocycles. The predicted molar refractivity (Wildman–Crippen MR) is 150 cm³/mol. The summed E-state index contributed by atoms with van der Waals surface area (Å²) in [6.45, 7) is 4.17. The van der Waals surface area contributed by atoms with Crippen molar-refractivity contribution in [2.24, 2.45) is 0 Å². The van der Waals surface area contributed by atoms with Crippen LogP contribution in [0, 0.1) is 17.1 Å². The number of aryl methyl sites for hydroxylation is 1. The number of aliphatic hydroxyl groups excluding tert-OH is 1. The van der Waals surface area contributed by atoms with Crippen molar-refractivity contribution >= 4 is 49.6 Å². The van der Waals surface area contributed by atoms with E-state index in [0.717, 1.165) is 34.6 Å². The van der Waals surface area contributed by atoms with Crippen LogP contribution in [-0.2, 0) is 16.0 Å². The summed E-state index contributed by atoms with van der Waals surface area (Å²) in [4.78, 5) is 28.6. The van der Waals surface area contributed by atoms with Gasteiger partial charge in [0.05, 0.1) is 17.9 Å². The Hall–Kier alpha value is -3.64. The van der Waals surface area contributed by atoms with Crippen LogP contribution in [0.3, 0.4) is 0 Å². The van der Waals surface area contributed by atoms with Gasteiger partial charge in [-0.15, -0.1) is 5.10 Å². The van der Waals surface area contributed by atoms with Crippen molar-refractivity contribution in [1.29, 1.82) is 5.26 Å². The van der Waals surface area contributed by atoms with Crippen LogP contribution in [0.4, 0.5) is 20.5 Å². The van der Waals surface area contributed by atoms with E-state index in [9.17, 15) is 19.6 Å². The maximum atomic E-state index is 13.5. The second-order valence-corrected chi connectivity index (χ2v) is 11.7. The molecule has 40 heavy (non-hydrogen) atoms. The molecule has 0 aliphatic carbocycles. The van der Waals surface area contributed by atoms with E-state index in [1.165, 1.54) is 34.8 Å². The van der Waals surface area contributed by atoms with Crippen molar-refractivity contribution in [3.05, 3.63) is 40.7 Å². The summed E-state index contributed by atoms with van der Waals surface area (Å²) < 4.78 is 21.1. The van der Waals surface area contributed by atoms with E-state index >= 15 is 0 Å². The molecule has 0 unspecified atom stereocenters. The number of carbonyl (C=O) groups excluding carboxylic acids is 1. The van der Waals surface area contributed by atoms with Crippen molar-refractivity contribution in [2.75, 3.05) is 49.6 Å². The second kappa shape index (κ2) is 10.7. The summed E-state index contributed by atoms with van der Waals surface area (Å²) in [6.07, 6.45) is 0.971. The lowest BCUT2D eigenvalue weighted by molar-refractivity contribution is -0.147.